The summed E-state index contributed by atoms with van der Waals surface area (Å²) in [6, 6.07) is 0.391. The first-order chi connectivity index (χ1) is 7.99. The molecule has 0 bridgehead atoms. The Balaban J connectivity index is 2.01. The number of sulfonamides is 1. The van der Waals surface area contributed by atoms with E-state index < -0.39 is 20.9 Å². The van der Waals surface area contributed by atoms with Gasteiger partial charge >= 0.3 is 5.97 Å². The Hall–Kier alpha value is -1.21. The minimum atomic E-state index is -3.97. The Labute approximate surface area is 99.5 Å². The lowest BCUT2D eigenvalue weighted by Crippen LogP contribution is -2.30. The molecule has 0 saturated heterocycles. The molecule has 1 aliphatic heterocycles. The maximum atomic E-state index is 11.3. The van der Waals surface area contributed by atoms with Crippen molar-refractivity contribution < 1.29 is 18.3 Å². The molecule has 2 rings (SSSR count). The number of nitrogens with one attached hydrogen (secondary N) is 1. The third-order valence-electron chi connectivity index (χ3n) is 2.95. The first kappa shape index (κ1) is 12.3. The van der Waals surface area contributed by atoms with Gasteiger partial charge in [0.15, 0.2) is 4.91 Å². The predicted octanol–water partition coefficient (Wildman–Crippen LogP) is 0.272. The highest BCUT2D eigenvalue weighted by atomic mass is 32.2. The van der Waals surface area contributed by atoms with Crippen molar-refractivity contribution in [2.24, 2.45) is 4.40 Å². The van der Waals surface area contributed by atoms with E-state index in [2.05, 4.69) is 9.71 Å². The van der Waals surface area contributed by atoms with Crippen molar-refractivity contribution in [1.82, 2.24) is 5.32 Å². The lowest BCUT2D eigenvalue weighted by molar-refractivity contribution is -0.131. The van der Waals surface area contributed by atoms with E-state index in [1.54, 1.807) is 0 Å². The molecule has 1 aliphatic carbocycles. The first-order valence-corrected chi connectivity index (χ1v) is 6.95. The highest BCUT2D eigenvalue weighted by Crippen LogP contribution is 2.19. The molecular weight excluding hydrogens is 244 g/mol. The summed E-state index contributed by atoms with van der Waals surface area (Å²) in [5.41, 5.74) is 0.273. The zero-order valence-corrected chi connectivity index (χ0v) is 10.0. The van der Waals surface area contributed by atoms with Gasteiger partial charge in [-0.15, -0.1) is 0 Å². The molecule has 0 atom stereocenters. The van der Waals surface area contributed by atoms with Gasteiger partial charge in [0.1, 0.15) is 0 Å². The minimum absolute atomic E-state index is 0.273. The Morgan fingerprint density at radius 3 is 2.65 bits per heavy atom. The molecular formula is C10H14N2O4S. The number of nitrogens with zero attached hydrogens (tertiary/aromatic N) is 1. The van der Waals surface area contributed by atoms with Gasteiger partial charge in [-0.3, -0.25) is 0 Å². The molecule has 0 aromatic heterocycles. The van der Waals surface area contributed by atoms with Crippen LogP contribution >= 0.6 is 0 Å². The maximum absolute atomic E-state index is 11.3. The van der Waals surface area contributed by atoms with E-state index in [4.69, 9.17) is 5.11 Å². The first-order valence-electron chi connectivity index (χ1n) is 5.51. The van der Waals surface area contributed by atoms with Crippen LogP contribution in [0.3, 0.4) is 0 Å². The smallest absolute Gasteiger partial charge is 0.349 e. The van der Waals surface area contributed by atoms with Gasteiger partial charge < -0.3 is 10.4 Å². The van der Waals surface area contributed by atoms with Gasteiger partial charge in [0, 0.05) is 12.6 Å². The number of carbonyl (C=O) groups is 1. The fraction of sp³-hybridized carbons (Fsp3) is 0.600. The largest absolute Gasteiger partial charge is 0.477 e. The monoisotopic (exact) mass is 258 g/mol. The van der Waals surface area contributed by atoms with Gasteiger partial charge in [0.25, 0.3) is 10.0 Å². The zero-order valence-electron chi connectivity index (χ0n) is 9.22. The van der Waals surface area contributed by atoms with E-state index in [0.717, 1.165) is 18.9 Å². The quantitative estimate of drug-likeness (QED) is 0.754. The van der Waals surface area contributed by atoms with Crippen molar-refractivity contribution in [2.75, 3.05) is 6.54 Å². The molecule has 0 spiro atoms. The third kappa shape index (κ3) is 2.73. The fourth-order valence-electron chi connectivity index (χ4n) is 2.09. The highest BCUT2D eigenvalue weighted by molar-refractivity contribution is 7.95. The molecule has 1 fully saturated rings. The van der Waals surface area contributed by atoms with Crippen LogP contribution in [0.4, 0.5) is 0 Å². The predicted molar refractivity (Wildman–Crippen MR) is 62.3 cm³/mol. The molecule has 6 nitrogen and oxygen atoms in total. The number of carboxylic acid groups (broad SMARTS) is 1. The van der Waals surface area contributed by atoms with Gasteiger partial charge in [0.05, 0.1) is 5.71 Å². The summed E-state index contributed by atoms with van der Waals surface area (Å²) in [4.78, 5) is 10.0. The van der Waals surface area contributed by atoms with Crippen LogP contribution in [-0.2, 0) is 14.8 Å². The number of carboxylic acids is 1. The molecule has 1 heterocycles. The van der Waals surface area contributed by atoms with E-state index in [-0.39, 0.29) is 5.71 Å². The van der Waals surface area contributed by atoms with Crippen LogP contribution in [0.15, 0.2) is 15.4 Å². The second-order valence-electron chi connectivity index (χ2n) is 4.23. The molecule has 7 heteroatoms. The van der Waals surface area contributed by atoms with E-state index in [1.165, 1.54) is 12.8 Å². The second-order valence-corrected chi connectivity index (χ2v) is 5.81. The van der Waals surface area contributed by atoms with Crippen LogP contribution in [0.5, 0.6) is 0 Å². The molecule has 0 amide bonds. The standard InChI is InChI=1S/C10H14N2O4S/c13-10(14)9-5-8(12-17(9,15)16)6-11-7-3-1-2-4-7/h5,7,11H,1-4,6H2,(H,13,14). The molecule has 0 aromatic rings. The fourth-order valence-corrected chi connectivity index (χ4v) is 3.12. The molecule has 0 unspecified atom stereocenters. The number of rotatable bonds is 4. The van der Waals surface area contributed by atoms with Crippen LogP contribution in [0.1, 0.15) is 25.7 Å². The van der Waals surface area contributed by atoms with Gasteiger partial charge in [-0.05, 0) is 18.9 Å². The van der Waals surface area contributed by atoms with Crippen molar-refractivity contribution in [3.05, 3.63) is 11.0 Å². The van der Waals surface area contributed by atoms with Crippen molar-refractivity contribution in [2.45, 2.75) is 31.7 Å². The zero-order chi connectivity index (χ0) is 12.5. The lowest BCUT2D eigenvalue weighted by Gasteiger charge is -2.09. The Kier molecular flexibility index (Phi) is 3.30. The van der Waals surface area contributed by atoms with Crippen LogP contribution in [0.25, 0.3) is 0 Å². The Morgan fingerprint density at radius 1 is 1.47 bits per heavy atom. The SMILES string of the molecule is O=C(O)C1=CC(CNC2CCCC2)=NS1(=O)=O. The minimum Gasteiger partial charge on any atom is -0.477 e. The average molecular weight is 258 g/mol. The van der Waals surface area contributed by atoms with Crippen molar-refractivity contribution >= 4 is 21.7 Å². The number of aliphatic carboxylic acids is 1. The summed E-state index contributed by atoms with van der Waals surface area (Å²) >= 11 is 0. The van der Waals surface area contributed by atoms with Crippen LogP contribution in [0.2, 0.25) is 0 Å². The highest BCUT2D eigenvalue weighted by Gasteiger charge is 2.30. The molecule has 0 radical (unpaired) electrons. The molecule has 1 saturated carbocycles. The Morgan fingerprint density at radius 2 is 2.12 bits per heavy atom. The van der Waals surface area contributed by atoms with Crippen LogP contribution in [-0.4, -0.2) is 37.8 Å². The van der Waals surface area contributed by atoms with Crippen molar-refractivity contribution in [3.63, 3.8) is 0 Å². The second kappa shape index (κ2) is 4.58. The summed E-state index contributed by atoms with van der Waals surface area (Å²) < 4.78 is 26.1. The van der Waals surface area contributed by atoms with Gasteiger partial charge in [-0.25, -0.2) is 4.79 Å². The molecule has 94 valence electrons. The summed E-state index contributed by atoms with van der Waals surface area (Å²) in [5.74, 6) is -1.45. The van der Waals surface area contributed by atoms with Crippen LogP contribution < -0.4 is 5.32 Å². The van der Waals surface area contributed by atoms with Gasteiger partial charge in [-0.1, -0.05) is 12.8 Å². The van der Waals surface area contributed by atoms with E-state index in [1.807, 2.05) is 0 Å². The van der Waals surface area contributed by atoms with E-state index >= 15 is 0 Å². The summed E-state index contributed by atoms with van der Waals surface area (Å²) in [5, 5.41) is 11.9. The lowest BCUT2D eigenvalue weighted by atomic mass is 10.2. The van der Waals surface area contributed by atoms with Gasteiger partial charge in [-0.2, -0.15) is 12.8 Å². The normalized spacial score (nSPS) is 23.5. The number of hydrogen-bond acceptors (Lipinski definition) is 4. The summed E-state index contributed by atoms with van der Waals surface area (Å²) in [7, 11) is -3.97. The average Bonchev–Trinajstić information content (AvgIpc) is 2.81. The topological polar surface area (TPSA) is 95.8 Å². The van der Waals surface area contributed by atoms with Crippen molar-refractivity contribution in [3.8, 4) is 0 Å². The number of hydrogen-bond donors (Lipinski definition) is 2. The molecule has 0 aromatic carbocycles. The summed E-state index contributed by atoms with van der Waals surface area (Å²) in [6.07, 6.45) is 5.64. The molecule has 17 heavy (non-hydrogen) atoms. The van der Waals surface area contributed by atoms with E-state index in [0.29, 0.717) is 12.6 Å². The maximum Gasteiger partial charge on any atom is 0.349 e. The molecule has 2 aliphatic rings. The van der Waals surface area contributed by atoms with E-state index in [9.17, 15) is 13.2 Å². The summed E-state index contributed by atoms with van der Waals surface area (Å²) in [6.45, 7) is 0.306. The van der Waals surface area contributed by atoms with Gasteiger partial charge in [0.2, 0.25) is 0 Å². The van der Waals surface area contributed by atoms with Crippen molar-refractivity contribution in [1.29, 1.82) is 0 Å². The Bertz CT molecular complexity index is 486. The molecule has 2 N–H and O–H groups in total. The van der Waals surface area contributed by atoms with Crippen LogP contribution in [0, 0.1) is 0 Å². The third-order valence-corrected chi connectivity index (χ3v) is 4.27.